The molecule has 0 saturated heterocycles. The Morgan fingerprint density at radius 2 is 2.10 bits per heavy atom. The third kappa shape index (κ3) is 3.31. The van der Waals surface area contributed by atoms with E-state index in [2.05, 4.69) is 0 Å². The van der Waals surface area contributed by atoms with Crippen LogP contribution in [0.2, 0.25) is 0 Å². The molecular weight excluding hydrogens is 252 g/mol. The van der Waals surface area contributed by atoms with Crippen LogP contribution < -0.4 is 10.5 Å². The van der Waals surface area contributed by atoms with Gasteiger partial charge in [-0.3, -0.25) is 4.79 Å². The molecule has 1 saturated carbocycles. The van der Waals surface area contributed by atoms with E-state index in [9.17, 15) is 4.79 Å². The van der Waals surface area contributed by atoms with E-state index in [-0.39, 0.29) is 18.0 Å². The van der Waals surface area contributed by atoms with Gasteiger partial charge in [0, 0.05) is 25.1 Å². The number of hydrogen-bond donors (Lipinski definition) is 1. The molecule has 2 rings (SSSR count). The summed E-state index contributed by atoms with van der Waals surface area (Å²) < 4.78 is 5.36. The van der Waals surface area contributed by atoms with Gasteiger partial charge < -0.3 is 15.4 Å². The molecule has 4 heteroatoms. The normalized spacial score (nSPS) is 17.4. The molecule has 0 bridgehead atoms. The molecule has 1 aliphatic carbocycles. The number of hydrogen-bond acceptors (Lipinski definition) is 3. The van der Waals surface area contributed by atoms with Crippen LogP contribution in [0.1, 0.15) is 37.8 Å². The number of ether oxygens (including phenoxy) is 1. The van der Waals surface area contributed by atoms with Crippen LogP contribution in [0.4, 0.5) is 0 Å². The van der Waals surface area contributed by atoms with E-state index < -0.39 is 0 Å². The van der Waals surface area contributed by atoms with Crippen molar-refractivity contribution in [2.75, 3.05) is 14.2 Å². The molecule has 1 aliphatic rings. The van der Waals surface area contributed by atoms with Crippen molar-refractivity contribution in [3.05, 3.63) is 29.8 Å². The Labute approximate surface area is 120 Å². The number of rotatable bonds is 6. The third-order valence-corrected chi connectivity index (χ3v) is 4.20. The quantitative estimate of drug-likeness (QED) is 0.867. The fraction of sp³-hybridized carbons (Fsp3) is 0.562. The summed E-state index contributed by atoms with van der Waals surface area (Å²) in [7, 11) is 3.48. The van der Waals surface area contributed by atoms with Crippen LogP contribution in [0.3, 0.4) is 0 Å². The number of nitrogens with two attached hydrogens (primary N) is 1. The van der Waals surface area contributed by atoms with Gasteiger partial charge in [0.2, 0.25) is 5.91 Å². The van der Waals surface area contributed by atoms with Crippen LogP contribution in [0.5, 0.6) is 5.75 Å². The number of nitrogens with zero attached hydrogens (tertiary/aromatic N) is 1. The van der Waals surface area contributed by atoms with Crippen molar-refractivity contribution in [2.24, 2.45) is 11.7 Å². The molecule has 1 aromatic carbocycles. The summed E-state index contributed by atoms with van der Waals surface area (Å²) >= 11 is 0. The number of methoxy groups -OCH3 is 1. The molecule has 2 atom stereocenters. The van der Waals surface area contributed by atoms with Crippen LogP contribution in [0.25, 0.3) is 0 Å². The van der Waals surface area contributed by atoms with Gasteiger partial charge in [-0.05, 0) is 31.7 Å². The molecule has 20 heavy (non-hydrogen) atoms. The zero-order valence-electron chi connectivity index (χ0n) is 12.5. The van der Waals surface area contributed by atoms with E-state index >= 15 is 0 Å². The first-order valence-electron chi connectivity index (χ1n) is 7.18. The summed E-state index contributed by atoms with van der Waals surface area (Å²) in [5, 5.41) is 0. The molecule has 0 aromatic heterocycles. The van der Waals surface area contributed by atoms with E-state index in [1.165, 1.54) is 12.8 Å². The number of para-hydroxylation sites is 1. The van der Waals surface area contributed by atoms with E-state index in [0.717, 1.165) is 11.3 Å². The van der Waals surface area contributed by atoms with Crippen LogP contribution in [-0.4, -0.2) is 31.0 Å². The van der Waals surface area contributed by atoms with Gasteiger partial charge in [0.15, 0.2) is 0 Å². The van der Waals surface area contributed by atoms with Gasteiger partial charge in [-0.2, -0.15) is 0 Å². The van der Waals surface area contributed by atoms with Gasteiger partial charge in [0.1, 0.15) is 5.75 Å². The molecular formula is C16H24N2O2. The summed E-state index contributed by atoms with van der Waals surface area (Å²) in [5.41, 5.74) is 7.06. The van der Waals surface area contributed by atoms with E-state index in [4.69, 9.17) is 10.5 Å². The highest BCUT2D eigenvalue weighted by Crippen LogP contribution is 2.34. The zero-order chi connectivity index (χ0) is 14.7. The summed E-state index contributed by atoms with van der Waals surface area (Å²) in [6.07, 6.45) is 2.76. The second-order valence-electron chi connectivity index (χ2n) is 5.63. The second-order valence-corrected chi connectivity index (χ2v) is 5.63. The molecule has 1 aromatic rings. The Hall–Kier alpha value is -1.55. The van der Waals surface area contributed by atoms with Crippen molar-refractivity contribution in [1.29, 1.82) is 0 Å². The van der Waals surface area contributed by atoms with Crippen molar-refractivity contribution in [1.82, 2.24) is 4.90 Å². The molecule has 1 fully saturated rings. The second kappa shape index (κ2) is 6.27. The minimum atomic E-state index is -0.0231. The van der Waals surface area contributed by atoms with Crippen molar-refractivity contribution >= 4 is 5.91 Å². The van der Waals surface area contributed by atoms with Crippen LogP contribution in [0.15, 0.2) is 24.3 Å². The van der Waals surface area contributed by atoms with E-state index in [1.54, 1.807) is 12.0 Å². The highest BCUT2D eigenvalue weighted by atomic mass is 16.5. The highest BCUT2D eigenvalue weighted by molar-refractivity contribution is 5.77. The lowest BCUT2D eigenvalue weighted by Gasteiger charge is -2.27. The van der Waals surface area contributed by atoms with Crippen molar-refractivity contribution in [3.63, 3.8) is 0 Å². The first kappa shape index (κ1) is 14.9. The van der Waals surface area contributed by atoms with Crippen molar-refractivity contribution < 1.29 is 9.53 Å². The van der Waals surface area contributed by atoms with E-state index in [0.29, 0.717) is 12.3 Å². The predicted octanol–water partition coefficient (Wildman–Crippen LogP) is 2.34. The predicted molar refractivity (Wildman–Crippen MR) is 79.5 cm³/mol. The minimum absolute atomic E-state index is 0.00909. The summed E-state index contributed by atoms with van der Waals surface area (Å²) in [5.74, 6) is 1.46. The van der Waals surface area contributed by atoms with Crippen molar-refractivity contribution in [3.8, 4) is 5.75 Å². The van der Waals surface area contributed by atoms with Gasteiger partial charge in [0.25, 0.3) is 0 Å². The van der Waals surface area contributed by atoms with Gasteiger partial charge in [0.05, 0.1) is 13.2 Å². The van der Waals surface area contributed by atoms with Crippen LogP contribution >= 0.6 is 0 Å². The molecule has 2 N–H and O–H groups in total. The standard InChI is InChI=1S/C16H24N2O2/c1-11(13-6-4-5-7-15(13)20-3)18(2)16(19)10-14(17)12-8-9-12/h4-7,11-12,14H,8-10,17H2,1-3H3. The van der Waals surface area contributed by atoms with Crippen molar-refractivity contribution in [2.45, 2.75) is 38.3 Å². The highest BCUT2D eigenvalue weighted by Gasteiger charge is 2.31. The fourth-order valence-electron chi connectivity index (χ4n) is 2.47. The molecule has 0 spiro atoms. The molecule has 0 heterocycles. The summed E-state index contributed by atoms with van der Waals surface area (Å²) in [6.45, 7) is 2.01. The molecule has 0 aliphatic heterocycles. The SMILES string of the molecule is COc1ccccc1C(C)N(C)C(=O)CC(N)C1CC1. The van der Waals surface area contributed by atoms with Crippen LogP contribution in [-0.2, 0) is 4.79 Å². The minimum Gasteiger partial charge on any atom is -0.496 e. The lowest BCUT2D eigenvalue weighted by molar-refractivity contribution is -0.132. The largest absolute Gasteiger partial charge is 0.496 e. The Morgan fingerprint density at radius 1 is 1.45 bits per heavy atom. The monoisotopic (exact) mass is 276 g/mol. The number of carbonyl (C=O) groups excluding carboxylic acids is 1. The molecule has 1 amide bonds. The summed E-state index contributed by atoms with van der Waals surface area (Å²) in [4.78, 5) is 14.1. The maximum absolute atomic E-state index is 12.3. The lowest BCUT2D eigenvalue weighted by Crippen LogP contribution is -2.35. The molecule has 110 valence electrons. The molecule has 2 unspecified atom stereocenters. The summed E-state index contributed by atoms with van der Waals surface area (Å²) in [6, 6.07) is 7.79. The fourth-order valence-corrected chi connectivity index (χ4v) is 2.47. The first-order chi connectivity index (χ1) is 9.54. The van der Waals surface area contributed by atoms with E-state index in [1.807, 2.05) is 38.2 Å². The van der Waals surface area contributed by atoms with Gasteiger partial charge in [-0.15, -0.1) is 0 Å². The van der Waals surface area contributed by atoms with Crippen LogP contribution in [0, 0.1) is 5.92 Å². The Bertz CT molecular complexity index is 471. The maximum Gasteiger partial charge on any atom is 0.224 e. The molecule has 4 nitrogen and oxygen atoms in total. The number of amides is 1. The zero-order valence-corrected chi connectivity index (χ0v) is 12.5. The van der Waals surface area contributed by atoms with Gasteiger partial charge >= 0.3 is 0 Å². The lowest BCUT2D eigenvalue weighted by atomic mass is 10.0. The number of benzene rings is 1. The first-order valence-corrected chi connectivity index (χ1v) is 7.18. The Kier molecular flexibility index (Phi) is 4.65. The molecule has 0 radical (unpaired) electrons. The topological polar surface area (TPSA) is 55.6 Å². The number of carbonyl (C=O) groups is 1. The van der Waals surface area contributed by atoms with Gasteiger partial charge in [-0.1, -0.05) is 18.2 Å². The maximum atomic E-state index is 12.3. The van der Waals surface area contributed by atoms with Gasteiger partial charge in [-0.25, -0.2) is 0 Å². The average molecular weight is 276 g/mol. The Morgan fingerprint density at radius 3 is 2.70 bits per heavy atom. The average Bonchev–Trinajstić information content (AvgIpc) is 3.30. The Balaban J connectivity index is 2.03. The smallest absolute Gasteiger partial charge is 0.224 e. The third-order valence-electron chi connectivity index (χ3n) is 4.20.